The SMILES string of the molecule is CCC(=O)O.CCCCc1c(O)cccc1O. The molecule has 0 atom stereocenters. The predicted octanol–water partition coefficient (Wildman–Crippen LogP) is 2.92. The Kier molecular flexibility index (Phi) is 7.59. The molecule has 96 valence electrons. The molecule has 0 heterocycles. The minimum absolute atomic E-state index is 0.198. The lowest BCUT2D eigenvalue weighted by molar-refractivity contribution is -0.136. The highest BCUT2D eigenvalue weighted by Gasteiger charge is 2.04. The molecule has 1 rings (SSSR count). The van der Waals surface area contributed by atoms with Gasteiger partial charge in [0.1, 0.15) is 11.5 Å². The molecule has 1 aromatic carbocycles. The zero-order valence-electron chi connectivity index (χ0n) is 10.3. The number of phenolic OH excluding ortho intramolecular Hbond substituents is 2. The summed E-state index contributed by atoms with van der Waals surface area (Å²) in [6.45, 7) is 3.68. The van der Waals surface area contributed by atoms with Crippen molar-refractivity contribution in [2.45, 2.75) is 39.5 Å². The summed E-state index contributed by atoms with van der Waals surface area (Å²) in [6.07, 6.45) is 3.02. The normalized spacial score (nSPS) is 9.29. The van der Waals surface area contributed by atoms with Crippen LogP contribution in [0.1, 0.15) is 38.7 Å². The van der Waals surface area contributed by atoms with Crippen LogP contribution in [0.2, 0.25) is 0 Å². The quantitative estimate of drug-likeness (QED) is 0.756. The lowest BCUT2D eigenvalue weighted by Crippen LogP contribution is -1.86. The Bertz CT molecular complexity index is 327. The summed E-state index contributed by atoms with van der Waals surface area (Å²) in [5.41, 5.74) is 0.666. The van der Waals surface area contributed by atoms with Crippen LogP contribution in [0, 0.1) is 0 Å². The number of hydrogen-bond acceptors (Lipinski definition) is 3. The van der Waals surface area contributed by atoms with E-state index >= 15 is 0 Å². The molecule has 0 unspecified atom stereocenters. The molecule has 0 saturated carbocycles. The van der Waals surface area contributed by atoms with Crippen LogP contribution in [0.25, 0.3) is 0 Å². The highest BCUT2D eigenvalue weighted by Crippen LogP contribution is 2.27. The maximum Gasteiger partial charge on any atom is 0.303 e. The molecule has 0 aromatic heterocycles. The summed E-state index contributed by atoms with van der Waals surface area (Å²) in [5, 5.41) is 26.4. The molecule has 0 amide bonds. The molecule has 0 aliphatic rings. The van der Waals surface area contributed by atoms with Gasteiger partial charge in [-0.05, 0) is 25.0 Å². The average Bonchev–Trinajstić information content (AvgIpc) is 2.29. The fourth-order valence-electron chi connectivity index (χ4n) is 1.17. The van der Waals surface area contributed by atoms with E-state index in [4.69, 9.17) is 5.11 Å². The van der Waals surface area contributed by atoms with Crippen molar-refractivity contribution in [3.63, 3.8) is 0 Å². The van der Waals surface area contributed by atoms with E-state index in [1.807, 2.05) is 0 Å². The third kappa shape index (κ3) is 6.45. The van der Waals surface area contributed by atoms with Gasteiger partial charge in [-0.3, -0.25) is 4.79 Å². The highest BCUT2D eigenvalue weighted by molar-refractivity contribution is 5.66. The molecule has 0 bridgehead atoms. The van der Waals surface area contributed by atoms with Crippen molar-refractivity contribution in [3.05, 3.63) is 23.8 Å². The maximum atomic E-state index is 9.37. The van der Waals surface area contributed by atoms with E-state index in [0.29, 0.717) is 5.56 Å². The first-order chi connectivity index (χ1) is 8.02. The van der Waals surface area contributed by atoms with Crippen molar-refractivity contribution in [1.29, 1.82) is 0 Å². The Balaban J connectivity index is 0.000000437. The molecular weight excluding hydrogens is 220 g/mol. The second-order valence-electron chi connectivity index (χ2n) is 3.63. The zero-order valence-corrected chi connectivity index (χ0v) is 10.3. The van der Waals surface area contributed by atoms with E-state index in [-0.39, 0.29) is 17.9 Å². The van der Waals surface area contributed by atoms with Gasteiger partial charge in [0.2, 0.25) is 0 Å². The third-order valence-corrected chi connectivity index (χ3v) is 2.21. The van der Waals surface area contributed by atoms with Gasteiger partial charge in [0.25, 0.3) is 0 Å². The number of hydrogen-bond donors (Lipinski definition) is 3. The van der Waals surface area contributed by atoms with Gasteiger partial charge in [0, 0.05) is 12.0 Å². The fourth-order valence-corrected chi connectivity index (χ4v) is 1.17. The lowest BCUT2D eigenvalue weighted by atomic mass is 10.1. The highest BCUT2D eigenvalue weighted by atomic mass is 16.4. The predicted molar refractivity (Wildman–Crippen MR) is 66.3 cm³/mol. The smallest absolute Gasteiger partial charge is 0.303 e. The van der Waals surface area contributed by atoms with E-state index in [1.165, 1.54) is 0 Å². The van der Waals surface area contributed by atoms with Crippen molar-refractivity contribution in [2.75, 3.05) is 0 Å². The molecule has 1 aromatic rings. The van der Waals surface area contributed by atoms with Crippen LogP contribution < -0.4 is 0 Å². The van der Waals surface area contributed by atoms with Crippen LogP contribution in [0.3, 0.4) is 0 Å². The molecule has 4 heteroatoms. The van der Waals surface area contributed by atoms with Gasteiger partial charge in [0.15, 0.2) is 0 Å². The van der Waals surface area contributed by atoms with E-state index < -0.39 is 5.97 Å². The lowest BCUT2D eigenvalue weighted by Gasteiger charge is -2.05. The number of aliphatic carboxylic acids is 1. The molecule has 0 aliphatic heterocycles. The summed E-state index contributed by atoms with van der Waals surface area (Å²) < 4.78 is 0. The van der Waals surface area contributed by atoms with Crippen molar-refractivity contribution in [2.24, 2.45) is 0 Å². The van der Waals surface area contributed by atoms with Crippen molar-refractivity contribution < 1.29 is 20.1 Å². The van der Waals surface area contributed by atoms with Gasteiger partial charge in [-0.15, -0.1) is 0 Å². The summed E-state index contributed by atoms with van der Waals surface area (Å²) in [4.78, 5) is 9.37. The number of phenols is 2. The van der Waals surface area contributed by atoms with Crippen LogP contribution in [-0.4, -0.2) is 21.3 Å². The molecule has 0 fully saturated rings. The number of carboxylic acid groups (broad SMARTS) is 1. The molecule has 0 aliphatic carbocycles. The summed E-state index contributed by atoms with van der Waals surface area (Å²) in [7, 11) is 0. The van der Waals surface area contributed by atoms with Crippen LogP contribution >= 0.6 is 0 Å². The Morgan fingerprint density at radius 3 is 2.00 bits per heavy atom. The number of carboxylic acids is 1. The maximum absolute atomic E-state index is 9.37. The van der Waals surface area contributed by atoms with Crippen molar-refractivity contribution in [1.82, 2.24) is 0 Å². The summed E-state index contributed by atoms with van der Waals surface area (Å²) >= 11 is 0. The van der Waals surface area contributed by atoms with Gasteiger partial charge in [-0.2, -0.15) is 0 Å². The monoisotopic (exact) mass is 240 g/mol. The van der Waals surface area contributed by atoms with E-state index in [9.17, 15) is 15.0 Å². The Labute approximate surface area is 102 Å². The van der Waals surface area contributed by atoms with Crippen LogP contribution in [-0.2, 0) is 11.2 Å². The third-order valence-electron chi connectivity index (χ3n) is 2.21. The van der Waals surface area contributed by atoms with Gasteiger partial charge < -0.3 is 15.3 Å². The second-order valence-corrected chi connectivity index (χ2v) is 3.63. The minimum Gasteiger partial charge on any atom is -0.508 e. The van der Waals surface area contributed by atoms with Crippen LogP contribution in [0.15, 0.2) is 18.2 Å². The number of benzene rings is 1. The Morgan fingerprint density at radius 1 is 1.18 bits per heavy atom. The summed E-state index contributed by atoms with van der Waals surface area (Å²) in [6, 6.07) is 4.84. The molecule has 17 heavy (non-hydrogen) atoms. The minimum atomic E-state index is -0.745. The largest absolute Gasteiger partial charge is 0.508 e. The van der Waals surface area contributed by atoms with E-state index in [1.54, 1.807) is 25.1 Å². The van der Waals surface area contributed by atoms with Gasteiger partial charge in [-0.25, -0.2) is 0 Å². The zero-order chi connectivity index (χ0) is 13.3. The van der Waals surface area contributed by atoms with Crippen molar-refractivity contribution in [3.8, 4) is 11.5 Å². The molecular formula is C13H20O4. The first-order valence-corrected chi connectivity index (χ1v) is 5.74. The molecule has 0 saturated heterocycles. The van der Waals surface area contributed by atoms with Crippen LogP contribution in [0.4, 0.5) is 0 Å². The summed E-state index contributed by atoms with van der Waals surface area (Å²) in [5.74, 6) is -0.350. The average molecular weight is 240 g/mol. The van der Waals surface area contributed by atoms with Gasteiger partial charge in [0.05, 0.1) is 0 Å². The standard InChI is InChI=1S/C10H14O2.C3H6O2/c1-2-3-5-8-9(11)6-4-7-10(8)12;1-2-3(4)5/h4,6-7,11-12H,2-3,5H2,1H3;2H2,1H3,(H,4,5). The van der Waals surface area contributed by atoms with Crippen molar-refractivity contribution >= 4 is 5.97 Å². The number of carbonyl (C=O) groups is 1. The first-order valence-electron chi connectivity index (χ1n) is 5.74. The Hall–Kier alpha value is -1.71. The molecule has 3 N–H and O–H groups in total. The van der Waals surface area contributed by atoms with E-state index in [0.717, 1.165) is 19.3 Å². The molecule has 0 radical (unpaired) electrons. The Morgan fingerprint density at radius 2 is 1.65 bits per heavy atom. The van der Waals surface area contributed by atoms with Gasteiger partial charge in [-0.1, -0.05) is 26.3 Å². The molecule has 0 spiro atoms. The topological polar surface area (TPSA) is 77.8 Å². The van der Waals surface area contributed by atoms with E-state index in [2.05, 4.69) is 6.92 Å². The van der Waals surface area contributed by atoms with Gasteiger partial charge >= 0.3 is 5.97 Å². The number of rotatable bonds is 4. The number of unbranched alkanes of at least 4 members (excludes halogenated alkanes) is 1. The number of aromatic hydroxyl groups is 2. The first kappa shape index (κ1) is 15.3. The van der Waals surface area contributed by atoms with Crippen LogP contribution in [0.5, 0.6) is 11.5 Å². The molecule has 4 nitrogen and oxygen atoms in total. The second kappa shape index (κ2) is 8.44. The fraction of sp³-hybridized carbons (Fsp3) is 0.462.